The number of aromatic nitrogens is 1. The van der Waals surface area contributed by atoms with Crippen LogP contribution in [0.4, 0.5) is 0 Å². The Kier molecular flexibility index (Phi) is 6.49. The average Bonchev–Trinajstić information content (AvgIpc) is 3.06. The lowest BCUT2D eigenvalue weighted by atomic mass is 10.0. The zero-order valence-corrected chi connectivity index (χ0v) is 16.4. The van der Waals surface area contributed by atoms with Gasteiger partial charge < -0.3 is 10.6 Å². The lowest BCUT2D eigenvalue weighted by Gasteiger charge is -2.28. The highest BCUT2D eigenvalue weighted by Gasteiger charge is 2.22. The first-order chi connectivity index (χ1) is 11.9. The number of halogens is 1. The van der Waals surface area contributed by atoms with Crippen molar-refractivity contribution in [2.24, 2.45) is 0 Å². The molecule has 1 amide bonds. The SMILES string of the molecule is Cc1ccc(S(=O)(=O)n2ccc(C(=O)NC3CCNC(C)C3)c2)cc1.Cl. The number of benzene rings is 1. The highest BCUT2D eigenvalue weighted by Crippen LogP contribution is 2.16. The van der Waals surface area contributed by atoms with E-state index in [9.17, 15) is 13.2 Å². The van der Waals surface area contributed by atoms with Gasteiger partial charge in [0.05, 0.1) is 10.5 Å². The molecule has 1 fully saturated rings. The molecule has 0 saturated carbocycles. The van der Waals surface area contributed by atoms with E-state index >= 15 is 0 Å². The molecule has 2 unspecified atom stereocenters. The number of amides is 1. The number of carbonyl (C=O) groups is 1. The van der Waals surface area contributed by atoms with Crippen molar-refractivity contribution >= 4 is 28.3 Å². The Morgan fingerprint density at radius 1 is 1.23 bits per heavy atom. The predicted octanol–water partition coefficient (Wildman–Crippen LogP) is 2.33. The van der Waals surface area contributed by atoms with Crippen LogP contribution in [0.3, 0.4) is 0 Å². The number of rotatable bonds is 4. The largest absolute Gasteiger partial charge is 0.349 e. The van der Waals surface area contributed by atoms with E-state index in [4.69, 9.17) is 0 Å². The molecule has 26 heavy (non-hydrogen) atoms. The third-order valence-electron chi connectivity index (χ3n) is 4.48. The molecule has 1 aliphatic rings. The first-order valence-electron chi connectivity index (χ1n) is 8.41. The van der Waals surface area contributed by atoms with Gasteiger partial charge in [0.2, 0.25) is 0 Å². The summed E-state index contributed by atoms with van der Waals surface area (Å²) < 4.78 is 26.4. The minimum Gasteiger partial charge on any atom is -0.349 e. The summed E-state index contributed by atoms with van der Waals surface area (Å²) in [5.74, 6) is -0.239. The Balaban J connectivity index is 0.00000243. The van der Waals surface area contributed by atoms with Crippen LogP contribution in [0.1, 0.15) is 35.7 Å². The second-order valence-corrected chi connectivity index (χ2v) is 8.44. The van der Waals surface area contributed by atoms with Crippen molar-refractivity contribution in [3.63, 3.8) is 0 Å². The monoisotopic (exact) mass is 397 g/mol. The van der Waals surface area contributed by atoms with Gasteiger partial charge in [-0.15, -0.1) is 12.4 Å². The van der Waals surface area contributed by atoms with Gasteiger partial charge in [0.15, 0.2) is 0 Å². The maximum atomic E-state index is 12.6. The maximum Gasteiger partial charge on any atom is 0.267 e. The van der Waals surface area contributed by atoms with Crippen LogP contribution < -0.4 is 10.6 Å². The number of aryl methyl sites for hydroxylation is 1. The summed E-state index contributed by atoms with van der Waals surface area (Å²) in [6.07, 6.45) is 4.52. The molecule has 2 atom stereocenters. The number of piperidine rings is 1. The molecule has 1 aliphatic heterocycles. The normalized spacial score (nSPS) is 20.2. The third kappa shape index (κ3) is 4.47. The van der Waals surface area contributed by atoms with Crippen LogP contribution in [-0.4, -0.2) is 36.9 Å². The number of nitrogens with one attached hydrogen (secondary N) is 2. The standard InChI is InChI=1S/C18H23N3O3S.ClH/c1-13-3-5-17(6-4-13)25(23,24)21-10-8-15(12-21)18(22)20-16-7-9-19-14(2)11-16;/h3-6,8,10,12,14,16,19H,7,9,11H2,1-2H3,(H,20,22);1H. The van der Waals surface area contributed by atoms with Gasteiger partial charge in [-0.2, -0.15) is 0 Å². The smallest absolute Gasteiger partial charge is 0.267 e. The van der Waals surface area contributed by atoms with Crippen LogP contribution >= 0.6 is 12.4 Å². The number of hydrogen-bond donors (Lipinski definition) is 2. The molecular weight excluding hydrogens is 374 g/mol. The van der Waals surface area contributed by atoms with E-state index in [1.165, 1.54) is 18.5 Å². The Morgan fingerprint density at radius 3 is 2.58 bits per heavy atom. The number of nitrogens with zero attached hydrogens (tertiary/aromatic N) is 1. The topological polar surface area (TPSA) is 80.2 Å². The molecule has 0 bridgehead atoms. The summed E-state index contributed by atoms with van der Waals surface area (Å²) in [7, 11) is -3.68. The van der Waals surface area contributed by atoms with Crippen molar-refractivity contribution in [3.8, 4) is 0 Å². The van der Waals surface area contributed by atoms with Crippen molar-refractivity contribution in [1.82, 2.24) is 14.6 Å². The summed E-state index contributed by atoms with van der Waals surface area (Å²) >= 11 is 0. The van der Waals surface area contributed by atoms with Gasteiger partial charge in [0.25, 0.3) is 15.9 Å². The molecule has 142 valence electrons. The average molecular weight is 398 g/mol. The van der Waals surface area contributed by atoms with E-state index in [2.05, 4.69) is 17.6 Å². The molecule has 8 heteroatoms. The molecule has 0 aliphatic carbocycles. The van der Waals surface area contributed by atoms with E-state index in [0.717, 1.165) is 28.9 Å². The van der Waals surface area contributed by atoms with Crippen LogP contribution in [0.5, 0.6) is 0 Å². The summed E-state index contributed by atoms with van der Waals surface area (Å²) in [5.41, 5.74) is 1.34. The summed E-state index contributed by atoms with van der Waals surface area (Å²) in [6, 6.07) is 8.66. The van der Waals surface area contributed by atoms with Gasteiger partial charge in [0.1, 0.15) is 0 Å². The molecule has 1 aromatic heterocycles. The van der Waals surface area contributed by atoms with Crippen molar-refractivity contribution in [2.45, 2.75) is 43.7 Å². The molecule has 6 nitrogen and oxygen atoms in total. The summed E-state index contributed by atoms with van der Waals surface area (Å²) in [5, 5.41) is 6.33. The summed E-state index contributed by atoms with van der Waals surface area (Å²) in [4.78, 5) is 12.6. The molecule has 2 N–H and O–H groups in total. The first-order valence-corrected chi connectivity index (χ1v) is 9.85. The van der Waals surface area contributed by atoms with Crippen molar-refractivity contribution < 1.29 is 13.2 Å². The van der Waals surface area contributed by atoms with E-state index in [-0.39, 0.29) is 29.3 Å². The Labute approximate surface area is 160 Å². The number of hydrogen-bond acceptors (Lipinski definition) is 4. The molecule has 3 rings (SSSR count). The van der Waals surface area contributed by atoms with Crippen LogP contribution in [0.25, 0.3) is 0 Å². The zero-order chi connectivity index (χ0) is 18.0. The van der Waals surface area contributed by atoms with Crippen LogP contribution in [0.2, 0.25) is 0 Å². The molecule has 0 spiro atoms. The Bertz CT molecular complexity index is 862. The predicted molar refractivity (Wildman–Crippen MR) is 103 cm³/mol. The van der Waals surface area contributed by atoms with Crippen molar-refractivity contribution in [3.05, 3.63) is 53.9 Å². The van der Waals surface area contributed by atoms with Gasteiger partial charge in [-0.05, 0) is 51.4 Å². The molecule has 2 heterocycles. The quantitative estimate of drug-likeness (QED) is 0.829. The molecular formula is C18H24ClN3O3S. The van der Waals surface area contributed by atoms with Gasteiger partial charge >= 0.3 is 0 Å². The van der Waals surface area contributed by atoms with E-state index in [0.29, 0.717) is 11.6 Å². The third-order valence-corrected chi connectivity index (χ3v) is 6.13. The zero-order valence-electron chi connectivity index (χ0n) is 14.8. The molecule has 1 aromatic carbocycles. The van der Waals surface area contributed by atoms with Gasteiger partial charge in [0, 0.05) is 24.5 Å². The highest BCUT2D eigenvalue weighted by atomic mass is 35.5. The summed E-state index contributed by atoms with van der Waals surface area (Å²) in [6.45, 7) is 4.86. The van der Waals surface area contributed by atoms with Crippen LogP contribution in [0, 0.1) is 6.92 Å². The van der Waals surface area contributed by atoms with Gasteiger partial charge in [-0.25, -0.2) is 12.4 Å². The molecule has 0 radical (unpaired) electrons. The molecule has 2 aromatic rings. The fourth-order valence-corrected chi connectivity index (χ4v) is 4.22. The lowest BCUT2D eigenvalue weighted by molar-refractivity contribution is 0.0926. The van der Waals surface area contributed by atoms with Crippen molar-refractivity contribution in [1.29, 1.82) is 0 Å². The van der Waals surface area contributed by atoms with Crippen LogP contribution in [-0.2, 0) is 10.0 Å². The highest BCUT2D eigenvalue weighted by molar-refractivity contribution is 7.90. The van der Waals surface area contributed by atoms with E-state index < -0.39 is 10.0 Å². The Morgan fingerprint density at radius 2 is 1.92 bits per heavy atom. The van der Waals surface area contributed by atoms with Gasteiger partial charge in [-0.3, -0.25) is 4.79 Å². The fourth-order valence-electron chi connectivity index (χ4n) is 3.02. The second-order valence-electron chi connectivity index (χ2n) is 6.60. The Hall–Kier alpha value is -1.83. The minimum atomic E-state index is -3.68. The van der Waals surface area contributed by atoms with Crippen molar-refractivity contribution in [2.75, 3.05) is 6.54 Å². The number of carbonyl (C=O) groups excluding carboxylic acids is 1. The lowest BCUT2D eigenvalue weighted by Crippen LogP contribution is -2.46. The van der Waals surface area contributed by atoms with Crippen LogP contribution in [0.15, 0.2) is 47.6 Å². The first kappa shape index (κ1) is 20.5. The van der Waals surface area contributed by atoms with E-state index in [1.54, 1.807) is 24.3 Å². The maximum absolute atomic E-state index is 12.6. The fraction of sp³-hybridized carbons (Fsp3) is 0.389. The van der Waals surface area contributed by atoms with Gasteiger partial charge in [-0.1, -0.05) is 17.7 Å². The van der Waals surface area contributed by atoms with E-state index in [1.807, 2.05) is 6.92 Å². The minimum absolute atomic E-state index is 0. The second kappa shape index (κ2) is 8.24. The molecule has 1 saturated heterocycles.